The van der Waals surface area contributed by atoms with Gasteiger partial charge in [-0.3, -0.25) is 0 Å². The molecule has 2 nitrogen and oxygen atoms in total. The third-order valence-electron chi connectivity index (χ3n) is 2.53. The summed E-state index contributed by atoms with van der Waals surface area (Å²) >= 11 is 2.05. The Labute approximate surface area is 89.7 Å². The van der Waals surface area contributed by atoms with E-state index in [1.165, 1.54) is 36.0 Å². The van der Waals surface area contributed by atoms with Crippen LogP contribution in [0.2, 0.25) is 0 Å². The van der Waals surface area contributed by atoms with Crippen LogP contribution in [-0.2, 0) is 0 Å². The molecule has 1 fully saturated rings. The van der Waals surface area contributed by atoms with Crippen molar-refractivity contribution in [2.75, 3.05) is 41.9 Å². The van der Waals surface area contributed by atoms with E-state index < -0.39 is 0 Å². The molecule has 1 heterocycles. The Morgan fingerprint density at radius 3 is 2.36 bits per heavy atom. The minimum absolute atomic E-state index is 1.18. The largest absolute Gasteiger partial charge is 0.388 e. The zero-order valence-corrected chi connectivity index (χ0v) is 9.31. The van der Waals surface area contributed by atoms with Crippen molar-refractivity contribution in [1.82, 2.24) is 0 Å². The van der Waals surface area contributed by atoms with E-state index in [1.54, 1.807) is 0 Å². The monoisotopic (exact) mass is 208 g/mol. The Morgan fingerprint density at radius 2 is 1.79 bits per heavy atom. The molecule has 2 rings (SSSR count). The lowest BCUT2D eigenvalue weighted by molar-refractivity contribution is 0.859. The fourth-order valence-corrected chi connectivity index (χ4v) is 2.56. The van der Waals surface area contributed by atoms with Gasteiger partial charge in [-0.25, -0.2) is 0 Å². The van der Waals surface area contributed by atoms with Crippen LogP contribution in [0.3, 0.4) is 0 Å². The maximum atomic E-state index is 3.13. The highest BCUT2D eigenvalue weighted by atomic mass is 32.2. The van der Waals surface area contributed by atoms with E-state index in [4.69, 9.17) is 0 Å². The standard InChI is InChI=1S/C11H16N2S/c1-12-10-2-4-11(5-3-10)13-6-8-14-9-7-13/h2-5,12H,6-9H2,1H3. The van der Waals surface area contributed by atoms with Crippen LogP contribution in [0, 0.1) is 0 Å². The second-order valence-electron chi connectivity index (χ2n) is 3.40. The number of benzene rings is 1. The highest BCUT2D eigenvalue weighted by molar-refractivity contribution is 7.99. The molecule has 0 aromatic heterocycles. The zero-order chi connectivity index (χ0) is 9.80. The van der Waals surface area contributed by atoms with Crippen molar-refractivity contribution in [3.63, 3.8) is 0 Å². The third-order valence-corrected chi connectivity index (χ3v) is 3.47. The number of nitrogens with zero attached hydrogens (tertiary/aromatic N) is 1. The first-order valence-electron chi connectivity index (χ1n) is 5.00. The van der Waals surface area contributed by atoms with E-state index in [0.717, 1.165) is 0 Å². The Balaban J connectivity index is 2.07. The maximum Gasteiger partial charge on any atom is 0.0368 e. The second kappa shape index (κ2) is 4.60. The molecule has 1 aromatic rings. The SMILES string of the molecule is CNc1ccc(N2CCSCC2)cc1. The Morgan fingerprint density at radius 1 is 1.14 bits per heavy atom. The highest BCUT2D eigenvalue weighted by Crippen LogP contribution is 2.20. The minimum atomic E-state index is 1.18. The summed E-state index contributed by atoms with van der Waals surface area (Å²) in [6, 6.07) is 8.66. The van der Waals surface area contributed by atoms with E-state index in [0.29, 0.717) is 0 Å². The van der Waals surface area contributed by atoms with Gasteiger partial charge in [0, 0.05) is 43.0 Å². The second-order valence-corrected chi connectivity index (χ2v) is 4.62. The summed E-state index contributed by atoms with van der Waals surface area (Å²) in [6.45, 7) is 2.37. The average molecular weight is 208 g/mol. The summed E-state index contributed by atoms with van der Waals surface area (Å²) in [5.74, 6) is 2.52. The number of anilines is 2. The first-order chi connectivity index (χ1) is 6.90. The molecule has 0 spiro atoms. The predicted molar refractivity (Wildman–Crippen MR) is 65.5 cm³/mol. The quantitative estimate of drug-likeness (QED) is 0.802. The molecule has 1 aliphatic heterocycles. The zero-order valence-electron chi connectivity index (χ0n) is 8.49. The van der Waals surface area contributed by atoms with Crippen LogP contribution < -0.4 is 10.2 Å². The molecule has 1 aliphatic rings. The molecule has 1 saturated heterocycles. The molecule has 0 atom stereocenters. The van der Waals surface area contributed by atoms with Gasteiger partial charge in [-0.15, -0.1) is 0 Å². The first-order valence-corrected chi connectivity index (χ1v) is 6.16. The Bertz CT molecular complexity index is 278. The van der Waals surface area contributed by atoms with E-state index in [1.807, 2.05) is 18.8 Å². The summed E-state index contributed by atoms with van der Waals surface area (Å²) in [6.07, 6.45) is 0. The van der Waals surface area contributed by atoms with E-state index >= 15 is 0 Å². The molecule has 0 aliphatic carbocycles. The number of hydrogen-bond donors (Lipinski definition) is 1. The van der Waals surface area contributed by atoms with Crippen LogP contribution in [0.1, 0.15) is 0 Å². The van der Waals surface area contributed by atoms with Gasteiger partial charge < -0.3 is 10.2 Å². The van der Waals surface area contributed by atoms with Gasteiger partial charge in [-0.1, -0.05) is 0 Å². The number of hydrogen-bond acceptors (Lipinski definition) is 3. The topological polar surface area (TPSA) is 15.3 Å². The summed E-state index contributed by atoms with van der Waals surface area (Å²) in [5, 5.41) is 3.13. The number of thioether (sulfide) groups is 1. The smallest absolute Gasteiger partial charge is 0.0368 e. The average Bonchev–Trinajstić information content (AvgIpc) is 2.30. The van der Waals surface area contributed by atoms with Gasteiger partial charge in [0.2, 0.25) is 0 Å². The van der Waals surface area contributed by atoms with Crippen molar-refractivity contribution in [1.29, 1.82) is 0 Å². The van der Waals surface area contributed by atoms with Gasteiger partial charge in [0.25, 0.3) is 0 Å². The maximum absolute atomic E-state index is 3.13. The number of nitrogens with one attached hydrogen (secondary N) is 1. The summed E-state index contributed by atoms with van der Waals surface area (Å²) in [7, 11) is 1.95. The number of rotatable bonds is 2. The molecular formula is C11H16N2S. The van der Waals surface area contributed by atoms with Crippen molar-refractivity contribution >= 4 is 23.1 Å². The van der Waals surface area contributed by atoms with Crippen LogP contribution >= 0.6 is 11.8 Å². The van der Waals surface area contributed by atoms with Crippen molar-refractivity contribution in [3.8, 4) is 0 Å². The molecular weight excluding hydrogens is 192 g/mol. The summed E-state index contributed by atoms with van der Waals surface area (Å²) in [5.41, 5.74) is 2.53. The van der Waals surface area contributed by atoms with Gasteiger partial charge in [-0.2, -0.15) is 11.8 Å². The van der Waals surface area contributed by atoms with Crippen molar-refractivity contribution in [3.05, 3.63) is 24.3 Å². The Hall–Kier alpha value is -0.830. The lowest BCUT2D eigenvalue weighted by Crippen LogP contribution is -2.32. The molecule has 0 saturated carbocycles. The molecule has 1 aromatic carbocycles. The molecule has 3 heteroatoms. The van der Waals surface area contributed by atoms with Crippen molar-refractivity contribution < 1.29 is 0 Å². The lowest BCUT2D eigenvalue weighted by Gasteiger charge is -2.28. The first kappa shape index (κ1) is 9.71. The molecule has 76 valence electrons. The van der Waals surface area contributed by atoms with Crippen LogP contribution in [0.25, 0.3) is 0 Å². The van der Waals surface area contributed by atoms with E-state index in [2.05, 4.69) is 34.5 Å². The van der Waals surface area contributed by atoms with Gasteiger partial charge in [0.15, 0.2) is 0 Å². The van der Waals surface area contributed by atoms with E-state index in [9.17, 15) is 0 Å². The minimum Gasteiger partial charge on any atom is -0.388 e. The van der Waals surface area contributed by atoms with Crippen LogP contribution in [-0.4, -0.2) is 31.6 Å². The summed E-state index contributed by atoms with van der Waals surface area (Å²) < 4.78 is 0. The van der Waals surface area contributed by atoms with Crippen LogP contribution in [0.5, 0.6) is 0 Å². The predicted octanol–water partition coefficient (Wildman–Crippen LogP) is 2.28. The fourth-order valence-electron chi connectivity index (χ4n) is 1.66. The normalized spacial score (nSPS) is 16.8. The third kappa shape index (κ3) is 2.15. The van der Waals surface area contributed by atoms with Crippen molar-refractivity contribution in [2.45, 2.75) is 0 Å². The van der Waals surface area contributed by atoms with E-state index in [-0.39, 0.29) is 0 Å². The molecule has 0 unspecified atom stereocenters. The molecule has 1 N–H and O–H groups in total. The highest BCUT2D eigenvalue weighted by Gasteiger charge is 2.10. The summed E-state index contributed by atoms with van der Waals surface area (Å²) in [4.78, 5) is 2.45. The van der Waals surface area contributed by atoms with Gasteiger partial charge >= 0.3 is 0 Å². The van der Waals surface area contributed by atoms with Crippen molar-refractivity contribution in [2.24, 2.45) is 0 Å². The Kier molecular flexibility index (Phi) is 3.19. The molecule has 14 heavy (non-hydrogen) atoms. The fraction of sp³-hybridized carbons (Fsp3) is 0.455. The lowest BCUT2D eigenvalue weighted by atomic mass is 10.2. The van der Waals surface area contributed by atoms with Gasteiger partial charge in [0.1, 0.15) is 0 Å². The van der Waals surface area contributed by atoms with Gasteiger partial charge in [-0.05, 0) is 24.3 Å². The van der Waals surface area contributed by atoms with Crippen LogP contribution in [0.15, 0.2) is 24.3 Å². The molecule has 0 bridgehead atoms. The van der Waals surface area contributed by atoms with Gasteiger partial charge in [0.05, 0.1) is 0 Å². The molecule has 0 amide bonds. The molecule has 0 radical (unpaired) electrons. The van der Waals surface area contributed by atoms with Crippen LogP contribution in [0.4, 0.5) is 11.4 Å².